The number of hydrogen-bond acceptors (Lipinski definition) is 3. The Bertz CT molecular complexity index is 338. The molecular weight excluding hydrogens is 236 g/mol. The van der Waals surface area contributed by atoms with E-state index in [4.69, 9.17) is 10.5 Å². The summed E-state index contributed by atoms with van der Waals surface area (Å²) < 4.78 is 5.24. The Morgan fingerprint density at radius 2 is 1.79 bits per heavy atom. The van der Waals surface area contributed by atoms with Crippen molar-refractivity contribution < 1.29 is 4.74 Å². The monoisotopic (exact) mass is 264 g/mol. The number of rotatable bonds is 8. The fourth-order valence-electron chi connectivity index (χ4n) is 2.52. The van der Waals surface area contributed by atoms with E-state index in [2.05, 4.69) is 49.9 Å². The Balaban J connectivity index is 2.91. The van der Waals surface area contributed by atoms with Crippen molar-refractivity contribution in [2.75, 3.05) is 26.8 Å². The quantitative estimate of drug-likeness (QED) is 0.784. The summed E-state index contributed by atoms with van der Waals surface area (Å²) in [5.74, 6) is 0.613. The number of hydrogen-bond donors (Lipinski definition) is 1. The molecule has 2 atom stereocenters. The van der Waals surface area contributed by atoms with Gasteiger partial charge in [-0.2, -0.15) is 0 Å². The fourth-order valence-corrected chi connectivity index (χ4v) is 2.52. The average Bonchev–Trinajstić information content (AvgIpc) is 2.36. The van der Waals surface area contributed by atoms with Crippen molar-refractivity contribution in [1.29, 1.82) is 0 Å². The lowest BCUT2D eigenvalue weighted by atomic mass is 9.98. The maximum atomic E-state index is 6.23. The van der Waals surface area contributed by atoms with Gasteiger partial charge in [-0.25, -0.2) is 0 Å². The lowest BCUT2D eigenvalue weighted by molar-refractivity contribution is 0.101. The van der Waals surface area contributed by atoms with Crippen molar-refractivity contribution in [2.24, 2.45) is 11.7 Å². The van der Waals surface area contributed by atoms with Crippen molar-refractivity contribution in [3.63, 3.8) is 0 Å². The lowest BCUT2D eigenvalue weighted by Gasteiger charge is -2.35. The Morgan fingerprint density at radius 1 is 1.16 bits per heavy atom. The van der Waals surface area contributed by atoms with Crippen LogP contribution in [0.1, 0.15) is 32.4 Å². The molecule has 1 aromatic rings. The molecule has 0 spiro atoms. The number of nitrogens with two attached hydrogens (primary N) is 1. The molecule has 2 unspecified atom stereocenters. The van der Waals surface area contributed by atoms with E-state index >= 15 is 0 Å². The van der Waals surface area contributed by atoms with Crippen LogP contribution in [0, 0.1) is 5.92 Å². The highest BCUT2D eigenvalue weighted by molar-refractivity contribution is 5.20. The van der Waals surface area contributed by atoms with Crippen molar-refractivity contribution in [3.05, 3.63) is 35.9 Å². The Hall–Kier alpha value is -0.900. The van der Waals surface area contributed by atoms with E-state index in [1.807, 2.05) is 6.07 Å². The minimum atomic E-state index is 0.0954. The molecule has 1 aromatic carbocycles. The highest BCUT2D eigenvalue weighted by atomic mass is 16.5. The molecule has 2 N–H and O–H groups in total. The largest absolute Gasteiger partial charge is 0.383 e. The molecule has 0 fully saturated rings. The number of nitrogens with zero attached hydrogens (tertiary/aromatic N) is 1. The predicted octanol–water partition coefficient (Wildman–Crippen LogP) is 2.68. The Morgan fingerprint density at radius 3 is 2.26 bits per heavy atom. The second kappa shape index (κ2) is 8.31. The molecule has 3 nitrogen and oxygen atoms in total. The molecule has 0 aliphatic heterocycles. The molecule has 0 saturated heterocycles. The van der Waals surface area contributed by atoms with Crippen LogP contribution in [-0.2, 0) is 4.74 Å². The van der Waals surface area contributed by atoms with E-state index in [0.717, 1.165) is 19.7 Å². The first-order valence-electron chi connectivity index (χ1n) is 7.09. The standard InChI is InChI=1S/C16H28N2O/c1-13(2)12-18(10-11-19-4)16(14(3)17)15-8-6-5-7-9-15/h5-9,13-14,16H,10-12,17H2,1-4H3. The van der Waals surface area contributed by atoms with Crippen LogP contribution in [0.3, 0.4) is 0 Å². The lowest BCUT2D eigenvalue weighted by Crippen LogP contribution is -2.42. The molecular formula is C16H28N2O. The minimum Gasteiger partial charge on any atom is -0.383 e. The van der Waals surface area contributed by atoms with Gasteiger partial charge in [-0.15, -0.1) is 0 Å². The average molecular weight is 264 g/mol. The van der Waals surface area contributed by atoms with Gasteiger partial charge >= 0.3 is 0 Å². The van der Waals surface area contributed by atoms with Crippen LogP contribution in [-0.4, -0.2) is 37.7 Å². The maximum Gasteiger partial charge on any atom is 0.0589 e. The zero-order chi connectivity index (χ0) is 14.3. The highest BCUT2D eigenvalue weighted by Crippen LogP contribution is 2.24. The van der Waals surface area contributed by atoms with Crippen LogP contribution < -0.4 is 5.73 Å². The van der Waals surface area contributed by atoms with E-state index in [-0.39, 0.29) is 12.1 Å². The van der Waals surface area contributed by atoms with Gasteiger partial charge in [0.1, 0.15) is 0 Å². The third-order valence-electron chi connectivity index (χ3n) is 3.21. The molecule has 0 aromatic heterocycles. The fraction of sp³-hybridized carbons (Fsp3) is 0.625. The molecule has 3 heteroatoms. The van der Waals surface area contributed by atoms with Crippen molar-refractivity contribution in [2.45, 2.75) is 32.9 Å². The number of benzene rings is 1. The van der Waals surface area contributed by atoms with Crippen LogP contribution in [0.5, 0.6) is 0 Å². The van der Waals surface area contributed by atoms with Crippen LogP contribution >= 0.6 is 0 Å². The first-order chi connectivity index (χ1) is 9.06. The molecule has 0 bridgehead atoms. The van der Waals surface area contributed by atoms with Gasteiger partial charge in [-0.05, 0) is 18.4 Å². The topological polar surface area (TPSA) is 38.5 Å². The molecule has 0 aliphatic rings. The summed E-state index contributed by atoms with van der Waals surface area (Å²) >= 11 is 0. The van der Waals surface area contributed by atoms with Gasteiger partial charge < -0.3 is 10.5 Å². The number of methoxy groups -OCH3 is 1. The normalized spacial score (nSPS) is 14.9. The summed E-state index contributed by atoms with van der Waals surface area (Å²) in [5, 5.41) is 0. The molecule has 108 valence electrons. The number of ether oxygens (including phenoxy) is 1. The van der Waals surface area contributed by atoms with Crippen LogP contribution in [0.25, 0.3) is 0 Å². The van der Waals surface area contributed by atoms with E-state index in [9.17, 15) is 0 Å². The molecule has 0 aliphatic carbocycles. The molecule has 0 amide bonds. The zero-order valence-corrected chi connectivity index (χ0v) is 12.7. The molecule has 0 heterocycles. The molecule has 0 radical (unpaired) electrons. The second-order valence-corrected chi connectivity index (χ2v) is 5.60. The first kappa shape index (κ1) is 16.2. The van der Waals surface area contributed by atoms with Gasteiger partial charge in [0, 0.05) is 32.3 Å². The van der Waals surface area contributed by atoms with Crippen molar-refractivity contribution >= 4 is 0 Å². The minimum absolute atomic E-state index is 0.0954. The van der Waals surface area contributed by atoms with E-state index in [0.29, 0.717) is 5.92 Å². The summed E-state index contributed by atoms with van der Waals surface area (Å²) in [6.07, 6.45) is 0. The van der Waals surface area contributed by atoms with Gasteiger partial charge in [-0.1, -0.05) is 44.2 Å². The van der Waals surface area contributed by atoms with Gasteiger partial charge in [0.15, 0.2) is 0 Å². The van der Waals surface area contributed by atoms with Crippen LogP contribution in [0.15, 0.2) is 30.3 Å². The predicted molar refractivity (Wildman–Crippen MR) is 81.1 cm³/mol. The SMILES string of the molecule is COCCN(CC(C)C)C(c1ccccc1)C(C)N. The smallest absolute Gasteiger partial charge is 0.0589 e. The third-order valence-corrected chi connectivity index (χ3v) is 3.21. The van der Waals surface area contributed by atoms with E-state index < -0.39 is 0 Å². The highest BCUT2D eigenvalue weighted by Gasteiger charge is 2.24. The molecule has 1 rings (SSSR count). The maximum absolute atomic E-state index is 6.23. The molecule has 19 heavy (non-hydrogen) atoms. The Labute approximate surface area is 117 Å². The van der Waals surface area contributed by atoms with E-state index in [1.54, 1.807) is 7.11 Å². The summed E-state index contributed by atoms with van der Waals surface area (Å²) in [6.45, 7) is 9.24. The van der Waals surface area contributed by atoms with Crippen LogP contribution in [0.4, 0.5) is 0 Å². The molecule has 0 saturated carbocycles. The third kappa shape index (κ3) is 5.31. The Kier molecular flexibility index (Phi) is 7.06. The van der Waals surface area contributed by atoms with Gasteiger partial charge in [0.05, 0.1) is 6.61 Å². The zero-order valence-electron chi connectivity index (χ0n) is 12.7. The van der Waals surface area contributed by atoms with Gasteiger partial charge in [0.2, 0.25) is 0 Å². The first-order valence-corrected chi connectivity index (χ1v) is 7.09. The van der Waals surface area contributed by atoms with Crippen molar-refractivity contribution in [1.82, 2.24) is 4.90 Å². The summed E-state index contributed by atoms with van der Waals surface area (Å²) in [6, 6.07) is 10.9. The van der Waals surface area contributed by atoms with Gasteiger partial charge in [-0.3, -0.25) is 4.90 Å². The summed E-state index contributed by atoms with van der Waals surface area (Å²) in [4.78, 5) is 2.44. The van der Waals surface area contributed by atoms with E-state index in [1.165, 1.54) is 5.56 Å². The van der Waals surface area contributed by atoms with Gasteiger partial charge in [0.25, 0.3) is 0 Å². The second-order valence-electron chi connectivity index (χ2n) is 5.60. The summed E-state index contributed by atoms with van der Waals surface area (Å²) in [5.41, 5.74) is 7.52. The van der Waals surface area contributed by atoms with Crippen molar-refractivity contribution in [3.8, 4) is 0 Å². The van der Waals surface area contributed by atoms with Crippen LogP contribution in [0.2, 0.25) is 0 Å². The summed E-state index contributed by atoms with van der Waals surface area (Å²) in [7, 11) is 1.75.